The Hall–Kier alpha value is -3.31. The molecule has 0 N–H and O–H groups in total. The highest BCUT2D eigenvalue weighted by molar-refractivity contribution is 6.09. The monoisotopic (exact) mass is 457 g/mol. The van der Waals surface area contributed by atoms with Gasteiger partial charge in [-0.1, -0.05) is 12.1 Å². The number of aryl methyl sites for hydroxylation is 1. The van der Waals surface area contributed by atoms with Crippen molar-refractivity contribution in [3.8, 4) is 16.9 Å². The lowest BCUT2D eigenvalue weighted by Gasteiger charge is -2.30. The number of ketones is 1. The van der Waals surface area contributed by atoms with E-state index >= 15 is 0 Å². The molecule has 0 radical (unpaired) electrons. The van der Waals surface area contributed by atoms with E-state index in [4.69, 9.17) is 14.5 Å². The van der Waals surface area contributed by atoms with Gasteiger partial charge in [-0.3, -0.25) is 9.78 Å². The zero-order valence-corrected chi connectivity index (χ0v) is 20.2. The third-order valence-electron chi connectivity index (χ3n) is 6.29. The van der Waals surface area contributed by atoms with Crippen LogP contribution in [0.25, 0.3) is 32.8 Å². The summed E-state index contributed by atoms with van der Waals surface area (Å²) in [5.74, 6) is 0.426. The first-order chi connectivity index (χ1) is 16.1. The Morgan fingerprint density at radius 2 is 1.94 bits per heavy atom. The minimum Gasteiger partial charge on any atom is -0.493 e. The Labute approximate surface area is 198 Å². The molecule has 3 aromatic carbocycles. The molecule has 1 aromatic heterocycles. The maximum atomic E-state index is 14.2. The number of nitrogens with zero attached hydrogens (tertiary/aromatic N) is 1. The predicted octanol–water partition coefficient (Wildman–Crippen LogP) is 6.88. The fourth-order valence-electron chi connectivity index (χ4n) is 4.96. The molecule has 0 amide bonds. The SMILES string of the molecule is CC(=O)C(OC(C)(C)C)c1c(C)cc2cc(F)ccc2c1-c1ccc2c3c(ccnc13)CCO2. The Morgan fingerprint density at radius 3 is 2.68 bits per heavy atom. The summed E-state index contributed by atoms with van der Waals surface area (Å²) < 4.78 is 26.5. The molecule has 0 saturated heterocycles. The van der Waals surface area contributed by atoms with Crippen molar-refractivity contribution in [2.45, 2.75) is 52.7 Å². The largest absolute Gasteiger partial charge is 0.493 e. The molecule has 34 heavy (non-hydrogen) atoms. The summed E-state index contributed by atoms with van der Waals surface area (Å²) in [7, 11) is 0. The number of carbonyl (C=O) groups is 1. The predicted molar refractivity (Wildman–Crippen MR) is 133 cm³/mol. The van der Waals surface area contributed by atoms with Crippen LogP contribution < -0.4 is 4.74 Å². The summed E-state index contributed by atoms with van der Waals surface area (Å²) >= 11 is 0. The molecular weight excluding hydrogens is 429 g/mol. The number of Topliss-reactive ketones (excluding diaryl/α,β-unsaturated/α-hetero) is 1. The summed E-state index contributed by atoms with van der Waals surface area (Å²) in [6.07, 6.45) is 1.86. The molecule has 0 fully saturated rings. The average Bonchev–Trinajstić information content (AvgIpc) is 2.77. The van der Waals surface area contributed by atoms with E-state index in [9.17, 15) is 9.18 Å². The minimum atomic E-state index is -0.772. The Kier molecular flexibility index (Phi) is 5.40. The molecule has 1 aliphatic rings. The van der Waals surface area contributed by atoms with Crippen LogP contribution in [-0.4, -0.2) is 23.0 Å². The normalized spacial score (nSPS) is 14.3. The van der Waals surface area contributed by atoms with Crippen molar-refractivity contribution in [1.82, 2.24) is 4.98 Å². The average molecular weight is 458 g/mol. The first-order valence-corrected chi connectivity index (χ1v) is 11.6. The maximum absolute atomic E-state index is 14.2. The van der Waals surface area contributed by atoms with E-state index < -0.39 is 11.7 Å². The molecule has 0 saturated carbocycles. The van der Waals surface area contributed by atoms with Gasteiger partial charge in [0.15, 0.2) is 5.78 Å². The Balaban J connectivity index is 1.91. The van der Waals surface area contributed by atoms with Gasteiger partial charge in [-0.2, -0.15) is 0 Å². The summed E-state index contributed by atoms with van der Waals surface area (Å²) in [6, 6.07) is 12.7. The minimum absolute atomic E-state index is 0.0836. The van der Waals surface area contributed by atoms with Crippen LogP contribution in [-0.2, 0) is 16.0 Å². The summed E-state index contributed by atoms with van der Waals surface area (Å²) in [4.78, 5) is 17.7. The van der Waals surface area contributed by atoms with Gasteiger partial charge in [-0.05, 0) is 98.0 Å². The zero-order chi connectivity index (χ0) is 24.2. The number of pyridine rings is 1. The maximum Gasteiger partial charge on any atom is 0.163 e. The summed E-state index contributed by atoms with van der Waals surface area (Å²) in [5, 5.41) is 2.61. The number of hydrogen-bond donors (Lipinski definition) is 0. The van der Waals surface area contributed by atoms with Crippen LogP contribution in [0.1, 0.15) is 50.5 Å². The lowest BCUT2D eigenvalue weighted by molar-refractivity contribution is -0.138. The topological polar surface area (TPSA) is 48.4 Å². The van der Waals surface area contributed by atoms with Gasteiger partial charge in [0.05, 0.1) is 17.7 Å². The highest BCUT2D eigenvalue weighted by atomic mass is 19.1. The third-order valence-corrected chi connectivity index (χ3v) is 6.29. The van der Waals surface area contributed by atoms with Gasteiger partial charge in [0.2, 0.25) is 0 Å². The van der Waals surface area contributed by atoms with Gasteiger partial charge < -0.3 is 9.47 Å². The van der Waals surface area contributed by atoms with Crippen LogP contribution in [0.5, 0.6) is 5.75 Å². The van der Waals surface area contributed by atoms with Gasteiger partial charge in [0.1, 0.15) is 17.7 Å². The number of aromatic nitrogens is 1. The van der Waals surface area contributed by atoms with Crippen LogP contribution >= 0.6 is 0 Å². The van der Waals surface area contributed by atoms with E-state index in [0.29, 0.717) is 6.61 Å². The van der Waals surface area contributed by atoms with E-state index in [1.165, 1.54) is 17.7 Å². The Bertz CT molecular complexity index is 1440. The van der Waals surface area contributed by atoms with Crippen molar-refractivity contribution in [2.75, 3.05) is 6.61 Å². The third kappa shape index (κ3) is 3.84. The van der Waals surface area contributed by atoms with E-state index in [-0.39, 0.29) is 11.6 Å². The van der Waals surface area contributed by atoms with E-state index in [2.05, 4.69) is 0 Å². The van der Waals surface area contributed by atoms with Gasteiger partial charge in [-0.25, -0.2) is 4.39 Å². The molecule has 1 aliphatic heterocycles. The van der Waals surface area contributed by atoms with Crippen molar-refractivity contribution in [2.24, 2.45) is 0 Å². The van der Waals surface area contributed by atoms with Crippen LogP contribution in [0, 0.1) is 12.7 Å². The molecule has 1 atom stereocenters. The lowest BCUT2D eigenvalue weighted by atomic mass is 9.85. The van der Waals surface area contributed by atoms with Gasteiger partial charge in [0, 0.05) is 23.6 Å². The van der Waals surface area contributed by atoms with Crippen LogP contribution in [0.3, 0.4) is 0 Å². The molecule has 2 heterocycles. The van der Waals surface area contributed by atoms with Crippen molar-refractivity contribution in [3.05, 3.63) is 71.2 Å². The second-order valence-electron chi connectivity index (χ2n) is 9.97. The fourth-order valence-corrected chi connectivity index (χ4v) is 4.96. The van der Waals surface area contributed by atoms with Crippen molar-refractivity contribution >= 4 is 27.5 Å². The number of fused-ring (bicyclic) bond motifs is 1. The first-order valence-electron chi connectivity index (χ1n) is 11.6. The number of benzene rings is 3. The second kappa shape index (κ2) is 8.17. The number of carbonyl (C=O) groups excluding carboxylic acids is 1. The molecule has 0 bridgehead atoms. The van der Waals surface area contributed by atoms with Crippen molar-refractivity contribution in [3.63, 3.8) is 0 Å². The lowest BCUT2D eigenvalue weighted by Crippen LogP contribution is -2.27. The van der Waals surface area contributed by atoms with Crippen molar-refractivity contribution in [1.29, 1.82) is 0 Å². The smallest absolute Gasteiger partial charge is 0.163 e. The molecule has 174 valence electrons. The molecule has 0 aliphatic carbocycles. The number of halogens is 1. The van der Waals surface area contributed by atoms with E-state index in [1.807, 2.05) is 58.2 Å². The quantitative estimate of drug-likeness (QED) is 0.335. The van der Waals surface area contributed by atoms with Gasteiger partial charge in [-0.15, -0.1) is 0 Å². The number of rotatable bonds is 4. The highest BCUT2D eigenvalue weighted by Gasteiger charge is 2.30. The Morgan fingerprint density at radius 1 is 1.15 bits per heavy atom. The molecule has 5 rings (SSSR count). The molecule has 5 heteroatoms. The highest BCUT2D eigenvalue weighted by Crippen LogP contribution is 2.45. The van der Waals surface area contributed by atoms with Crippen LogP contribution in [0.2, 0.25) is 0 Å². The molecule has 1 unspecified atom stereocenters. The van der Waals surface area contributed by atoms with Gasteiger partial charge in [0.25, 0.3) is 0 Å². The summed E-state index contributed by atoms with van der Waals surface area (Å²) in [5.41, 5.74) is 4.85. The molecule has 4 nitrogen and oxygen atoms in total. The number of ether oxygens (including phenoxy) is 2. The van der Waals surface area contributed by atoms with Crippen LogP contribution in [0.15, 0.2) is 48.7 Å². The summed E-state index contributed by atoms with van der Waals surface area (Å²) in [6.45, 7) is 9.96. The zero-order valence-electron chi connectivity index (χ0n) is 20.2. The van der Waals surface area contributed by atoms with Crippen LogP contribution in [0.4, 0.5) is 4.39 Å². The first kappa shape index (κ1) is 22.5. The number of hydrogen-bond acceptors (Lipinski definition) is 4. The van der Waals surface area contributed by atoms with Gasteiger partial charge >= 0.3 is 0 Å². The molecular formula is C29H28FNO3. The second-order valence-corrected chi connectivity index (χ2v) is 9.97. The van der Waals surface area contributed by atoms with E-state index in [0.717, 1.165) is 56.1 Å². The molecule has 4 aromatic rings. The molecule has 0 spiro atoms. The van der Waals surface area contributed by atoms with Crippen molar-refractivity contribution < 1.29 is 18.7 Å². The standard InChI is InChI=1S/C29H28FNO3/c1-16-14-19-15-20(30)6-7-21(19)26(24(16)28(17(2)32)34-29(3,4)5)22-8-9-23-25-18(11-13-33-23)10-12-31-27(22)25/h6-10,12,14-15,28H,11,13H2,1-5H3. The fraction of sp³-hybridized carbons (Fsp3) is 0.310. The van der Waals surface area contributed by atoms with E-state index in [1.54, 1.807) is 13.0 Å².